The van der Waals surface area contributed by atoms with Gasteiger partial charge in [0, 0.05) is 18.0 Å². The molecule has 1 N–H and O–H groups in total. The number of carbonyl (C=O) groups is 1. The quantitative estimate of drug-likeness (QED) is 0.358. The number of hydrogen-bond acceptors (Lipinski definition) is 6. The summed E-state index contributed by atoms with van der Waals surface area (Å²) in [7, 11) is 0. The molecule has 0 saturated heterocycles. The maximum absolute atomic E-state index is 15.4. The molecule has 1 aliphatic rings. The van der Waals surface area contributed by atoms with Crippen LogP contribution in [0.15, 0.2) is 53.6 Å². The van der Waals surface area contributed by atoms with Gasteiger partial charge in [0.2, 0.25) is 5.78 Å². The van der Waals surface area contributed by atoms with Crippen molar-refractivity contribution in [3.8, 4) is 17.2 Å². The lowest BCUT2D eigenvalue weighted by atomic mass is 9.88. The molecule has 0 radical (unpaired) electrons. The Morgan fingerprint density at radius 2 is 2.05 bits per heavy atom. The van der Waals surface area contributed by atoms with Crippen LogP contribution in [-0.4, -0.2) is 43.0 Å². The number of nitriles is 1. The maximum Gasteiger partial charge on any atom is 0.329 e. The van der Waals surface area contributed by atoms with Crippen molar-refractivity contribution in [1.29, 1.82) is 5.26 Å². The fourth-order valence-corrected chi connectivity index (χ4v) is 5.03. The Kier molecular flexibility index (Phi) is 7.03. The molecule has 0 atom stereocenters. The highest BCUT2D eigenvalue weighted by molar-refractivity contribution is 5.70. The van der Waals surface area contributed by atoms with Gasteiger partial charge in [-0.05, 0) is 48.1 Å². The van der Waals surface area contributed by atoms with Crippen LogP contribution in [-0.2, 0) is 22.4 Å². The van der Waals surface area contributed by atoms with E-state index in [-0.39, 0.29) is 30.7 Å². The summed E-state index contributed by atoms with van der Waals surface area (Å²) in [5, 5.41) is 22.6. The van der Waals surface area contributed by atoms with Crippen molar-refractivity contribution in [3.05, 3.63) is 87.3 Å². The summed E-state index contributed by atoms with van der Waals surface area (Å²) in [6.45, 7) is 1.61. The van der Waals surface area contributed by atoms with Crippen molar-refractivity contribution >= 4 is 11.7 Å². The Morgan fingerprint density at radius 1 is 1.26 bits per heavy atom. The lowest BCUT2D eigenvalue weighted by molar-refractivity contribution is -0.147. The highest BCUT2D eigenvalue weighted by Gasteiger charge is 2.35. The largest absolute Gasteiger partial charge is 0.480 e. The molecule has 1 saturated carbocycles. The number of ether oxygens (including phenoxy) is 1. The normalized spacial score (nSPS) is 16.8. The minimum Gasteiger partial charge on any atom is -0.480 e. The molecule has 0 bridgehead atoms. The van der Waals surface area contributed by atoms with Gasteiger partial charge in [-0.15, -0.1) is 0 Å². The van der Waals surface area contributed by atoms with Gasteiger partial charge >= 0.3 is 5.97 Å². The molecular weight excluding hydrogens is 489 g/mol. The summed E-state index contributed by atoms with van der Waals surface area (Å²) < 4.78 is 24.0. The Morgan fingerprint density at radius 3 is 2.76 bits per heavy atom. The number of halogens is 1. The summed E-state index contributed by atoms with van der Waals surface area (Å²) in [5.41, 5.74) is 2.93. The SMILES string of the molecule is CCCc1c(Cc2ccc(-c3ccccc3C#N)cc2F)c(=O)n(C2CC(OCC(=O)O)C2)c2ncnn12. The predicted molar refractivity (Wildman–Crippen MR) is 136 cm³/mol. The second kappa shape index (κ2) is 10.6. The molecule has 2 aromatic heterocycles. The first-order chi connectivity index (χ1) is 18.4. The topological polar surface area (TPSA) is 123 Å². The molecule has 5 rings (SSSR count). The van der Waals surface area contributed by atoms with Crippen LogP contribution in [0.2, 0.25) is 0 Å². The van der Waals surface area contributed by atoms with E-state index >= 15 is 4.39 Å². The number of aromatic nitrogens is 4. The average Bonchev–Trinajstić information content (AvgIpc) is 3.37. The molecule has 194 valence electrons. The van der Waals surface area contributed by atoms with Gasteiger partial charge in [-0.3, -0.25) is 9.36 Å². The second-order valence-corrected chi connectivity index (χ2v) is 9.41. The monoisotopic (exact) mass is 515 g/mol. The molecular formula is C28H26FN5O4. The molecule has 1 aliphatic carbocycles. The Labute approximate surface area is 217 Å². The van der Waals surface area contributed by atoms with Crippen molar-refractivity contribution in [3.63, 3.8) is 0 Å². The lowest BCUT2D eigenvalue weighted by Gasteiger charge is -2.36. The zero-order valence-electron chi connectivity index (χ0n) is 20.8. The molecule has 0 amide bonds. The third-order valence-electron chi connectivity index (χ3n) is 6.97. The van der Waals surface area contributed by atoms with E-state index in [4.69, 9.17) is 9.84 Å². The molecule has 0 unspecified atom stereocenters. The molecule has 38 heavy (non-hydrogen) atoms. The summed E-state index contributed by atoms with van der Waals surface area (Å²) in [5.74, 6) is -1.10. The molecule has 2 heterocycles. The summed E-state index contributed by atoms with van der Waals surface area (Å²) in [4.78, 5) is 29.0. The van der Waals surface area contributed by atoms with Crippen LogP contribution in [0.1, 0.15) is 54.6 Å². The van der Waals surface area contributed by atoms with Crippen LogP contribution >= 0.6 is 0 Å². The number of aryl methyl sites for hydroxylation is 1. The highest BCUT2D eigenvalue weighted by atomic mass is 19.1. The molecule has 2 aromatic carbocycles. The van der Waals surface area contributed by atoms with E-state index in [1.807, 2.05) is 6.92 Å². The number of nitrogens with zero attached hydrogens (tertiary/aromatic N) is 5. The fraction of sp³-hybridized carbons (Fsp3) is 0.321. The zero-order valence-corrected chi connectivity index (χ0v) is 20.8. The minimum atomic E-state index is -1.04. The first-order valence-corrected chi connectivity index (χ1v) is 12.5. The van der Waals surface area contributed by atoms with Gasteiger partial charge < -0.3 is 9.84 Å². The maximum atomic E-state index is 15.4. The van der Waals surface area contributed by atoms with Gasteiger partial charge in [-0.25, -0.2) is 13.7 Å². The fourth-order valence-electron chi connectivity index (χ4n) is 5.03. The van der Waals surface area contributed by atoms with Gasteiger partial charge in [0.15, 0.2) is 0 Å². The standard InChI is InChI=1S/C28H26FN5O4/c1-2-5-25-23(10-18-9-8-17(11-24(18)29)22-7-4-3-6-19(22)14-30)27(37)33(28-31-16-32-34(25)28)20-12-21(13-20)38-15-26(35)36/h3-4,6-9,11,16,20-21H,2,5,10,12-13,15H2,1H3,(H,35,36). The van der Waals surface area contributed by atoms with E-state index in [1.165, 1.54) is 12.4 Å². The van der Waals surface area contributed by atoms with Gasteiger partial charge in [0.25, 0.3) is 5.56 Å². The summed E-state index contributed by atoms with van der Waals surface area (Å²) >= 11 is 0. The van der Waals surface area contributed by atoms with Crippen LogP contribution in [0.25, 0.3) is 16.9 Å². The van der Waals surface area contributed by atoms with Crippen LogP contribution in [0.5, 0.6) is 0 Å². The predicted octanol–water partition coefficient (Wildman–Crippen LogP) is 3.92. The smallest absolute Gasteiger partial charge is 0.329 e. The first kappa shape index (κ1) is 25.3. The minimum absolute atomic E-state index is 0.0711. The van der Waals surface area contributed by atoms with E-state index in [0.717, 1.165) is 6.42 Å². The van der Waals surface area contributed by atoms with E-state index in [2.05, 4.69) is 16.2 Å². The Hall–Kier alpha value is -4.36. The second-order valence-electron chi connectivity index (χ2n) is 9.41. The number of aliphatic carboxylic acids is 1. The highest BCUT2D eigenvalue weighted by Crippen LogP contribution is 2.35. The zero-order chi connectivity index (χ0) is 26.8. The van der Waals surface area contributed by atoms with Crippen molar-refractivity contribution in [2.75, 3.05) is 6.61 Å². The summed E-state index contributed by atoms with van der Waals surface area (Å²) in [6, 6.07) is 13.7. The number of carboxylic acids is 1. The molecule has 1 fully saturated rings. The van der Waals surface area contributed by atoms with E-state index < -0.39 is 11.8 Å². The average molecular weight is 516 g/mol. The molecule has 9 nitrogen and oxygen atoms in total. The van der Waals surface area contributed by atoms with E-state index in [0.29, 0.717) is 58.6 Å². The van der Waals surface area contributed by atoms with Gasteiger partial charge in [-0.1, -0.05) is 43.7 Å². The van der Waals surface area contributed by atoms with E-state index in [1.54, 1.807) is 45.5 Å². The van der Waals surface area contributed by atoms with Gasteiger partial charge in [-0.2, -0.15) is 15.3 Å². The number of rotatable bonds is 9. The van der Waals surface area contributed by atoms with Gasteiger partial charge in [0.05, 0.1) is 23.4 Å². The van der Waals surface area contributed by atoms with Crippen LogP contribution < -0.4 is 5.56 Å². The number of carboxylic acid groups (broad SMARTS) is 1. The van der Waals surface area contributed by atoms with Crippen LogP contribution in [0.3, 0.4) is 0 Å². The Balaban J connectivity index is 1.52. The molecule has 10 heteroatoms. The van der Waals surface area contributed by atoms with Crippen molar-refractivity contribution in [2.24, 2.45) is 0 Å². The van der Waals surface area contributed by atoms with Gasteiger partial charge in [0.1, 0.15) is 18.8 Å². The third-order valence-corrected chi connectivity index (χ3v) is 6.97. The summed E-state index contributed by atoms with van der Waals surface area (Å²) in [6.07, 6.45) is 3.48. The molecule has 0 aliphatic heterocycles. The lowest BCUT2D eigenvalue weighted by Crippen LogP contribution is -2.41. The first-order valence-electron chi connectivity index (χ1n) is 12.5. The molecule has 0 spiro atoms. The number of benzene rings is 2. The third kappa shape index (κ3) is 4.68. The molecule has 4 aromatic rings. The van der Waals surface area contributed by atoms with E-state index in [9.17, 15) is 14.9 Å². The van der Waals surface area contributed by atoms with Crippen LogP contribution in [0, 0.1) is 17.1 Å². The van der Waals surface area contributed by atoms with Crippen LogP contribution in [0.4, 0.5) is 4.39 Å². The number of fused-ring (bicyclic) bond motifs is 1. The number of hydrogen-bond donors (Lipinski definition) is 1. The Bertz CT molecular complexity index is 1610. The van der Waals surface area contributed by atoms with Crippen molar-refractivity contribution in [1.82, 2.24) is 19.2 Å². The van der Waals surface area contributed by atoms with Crippen molar-refractivity contribution < 1.29 is 19.0 Å². The van der Waals surface area contributed by atoms with Crippen molar-refractivity contribution in [2.45, 2.75) is 51.2 Å².